The van der Waals surface area contributed by atoms with Crippen molar-refractivity contribution >= 4 is 11.5 Å². The fraction of sp³-hybridized carbons (Fsp3) is 0.857. The van der Waals surface area contributed by atoms with Crippen LogP contribution in [0.1, 0.15) is 54.9 Å². The number of carbonyl (C=O) groups excluding carboxylic acids is 1. The predicted octanol–water partition coefficient (Wildman–Crippen LogP) is 2.84. The summed E-state index contributed by atoms with van der Waals surface area (Å²) in [5.41, 5.74) is 0.666. The molecule has 17 heavy (non-hydrogen) atoms. The van der Waals surface area contributed by atoms with Gasteiger partial charge >= 0.3 is 0 Å². The molecule has 1 N–H and O–H groups in total. The number of nitrogens with one attached hydrogen (secondary N) is 1. The summed E-state index contributed by atoms with van der Waals surface area (Å²) in [6.07, 6.45) is 0.468. The highest BCUT2D eigenvalue weighted by atomic mass is 16.1. The van der Waals surface area contributed by atoms with E-state index in [0.29, 0.717) is 12.5 Å². The molecule has 0 aliphatic rings. The molecule has 0 fully saturated rings. The van der Waals surface area contributed by atoms with Gasteiger partial charge in [0.05, 0.1) is 6.04 Å². The van der Waals surface area contributed by atoms with Crippen LogP contribution in [0.2, 0.25) is 0 Å². The molecule has 0 aromatic heterocycles. The number of hydrogen-bond acceptors (Lipinski definition) is 3. The van der Waals surface area contributed by atoms with Crippen molar-refractivity contribution < 1.29 is 4.79 Å². The molecule has 1 unspecified atom stereocenters. The summed E-state index contributed by atoms with van der Waals surface area (Å²) in [6.45, 7) is 15.0. The van der Waals surface area contributed by atoms with E-state index in [4.69, 9.17) is 0 Å². The molecular weight excluding hydrogens is 212 g/mol. The zero-order valence-corrected chi connectivity index (χ0v) is 12.4. The molecule has 0 saturated heterocycles. The molecule has 0 aromatic rings. The van der Waals surface area contributed by atoms with E-state index in [0.717, 1.165) is 12.3 Å². The van der Waals surface area contributed by atoms with Crippen LogP contribution in [0.25, 0.3) is 0 Å². The lowest BCUT2D eigenvalue weighted by atomic mass is 9.88. The molecule has 0 bridgehead atoms. The van der Waals surface area contributed by atoms with Gasteiger partial charge in [-0.3, -0.25) is 9.79 Å². The van der Waals surface area contributed by atoms with Crippen LogP contribution < -0.4 is 5.32 Å². The maximum atomic E-state index is 11.8. The minimum absolute atomic E-state index is 0.227. The van der Waals surface area contributed by atoms with Gasteiger partial charge in [-0.05, 0) is 13.8 Å². The smallest absolute Gasteiger partial charge is 0.143 e. The van der Waals surface area contributed by atoms with Gasteiger partial charge in [0, 0.05) is 30.1 Å². The average Bonchev–Trinajstić information content (AvgIpc) is 2.12. The van der Waals surface area contributed by atoms with Crippen LogP contribution in [0.15, 0.2) is 4.99 Å². The number of carbonyl (C=O) groups is 1. The lowest BCUT2D eigenvalue weighted by molar-refractivity contribution is -0.125. The maximum Gasteiger partial charge on any atom is 0.143 e. The van der Waals surface area contributed by atoms with Gasteiger partial charge in [0.25, 0.3) is 0 Å². The second-order valence-electron chi connectivity index (χ2n) is 6.13. The van der Waals surface area contributed by atoms with Crippen LogP contribution in [-0.4, -0.2) is 30.1 Å². The van der Waals surface area contributed by atoms with Crippen molar-refractivity contribution in [2.75, 3.05) is 6.54 Å². The van der Waals surface area contributed by atoms with Crippen molar-refractivity contribution in [3.8, 4) is 0 Å². The van der Waals surface area contributed by atoms with Crippen molar-refractivity contribution in [2.45, 2.75) is 67.0 Å². The first-order valence-corrected chi connectivity index (χ1v) is 6.43. The first kappa shape index (κ1) is 16.3. The Hall–Kier alpha value is -0.700. The third-order valence-electron chi connectivity index (χ3n) is 2.52. The highest BCUT2D eigenvalue weighted by Crippen LogP contribution is 2.17. The molecule has 3 heteroatoms. The summed E-state index contributed by atoms with van der Waals surface area (Å²) in [6, 6.07) is 0.703. The minimum Gasteiger partial charge on any atom is -0.312 e. The van der Waals surface area contributed by atoms with E-state index in [1.165, 1.54) is 0 Å². The summed E-state index contributed by atoms with van der Waals surface area (Å²) in [7, 11) is 0. The van der Waals surface area contributed by atoms with Crippen LogP contribution in [0.4, 0.5) is 0 Å². The third-order valence-corrected chi connectivity index (χ3v) is 2.52. The first-order valence-electron chi connectivity index (χ1n) is 6.43. The maximum absolute atomic E-state index is 11.8. The fourth-order valence-corrected chi connectivity index (χ4v) is 1.37. The van der Waals surface area contributed by atoms with Crippen molar-refractivity contribution in [3.05, 3.63) is 0 Å². The summed E-state index contributed by atoms with van der Waals surface area (Å²) < 4.78 is 0. The van der Waals surface area contributed by atoms with Crippen LogP contribution in [0, 0.1) is 5.41 Å². The Bertz CT molecular complexity index is 274. The number of nitrogens with zero attached hydrogens (tertiary/aromatic N) is 1. The van der Waals surface area contributed by atoms with Gasteiger partial charge in [0.2, 0.25) is 0 Å². The first-order chi connectivity index (χ1) is 7.62. The van der Waals surface area contributed by atoms with Gasteiger partial charge in [-0.15, -0.1) is 0 Å². The van der Waals surface area contributed by atoms with E-state index in [9.17, 15) is 4.79 Å². The average molecular weight is 240 g/mol. The van der Waals surface area contributed by atoms with Crippen LogP contribution >= 0.6 is 0 Å². The normalized spacial score (nSPS) is 15.2. The van der Waals surface area contributed by atoms with Crippen molar-refractivity contribution in [1.82, 2.24) is 5.32 Å². The Morgan fingerprint density at radius 3 is 2.18 bits per heavy atom. The van der Waals surface area contributed by atoms with Gasteiger partial charge < -0.3 is 5.32 Å². The lowest BCUT2D eigenvalue weighted by Gasteiger charge is -2.17. The van der Waals surface area contributed by atoms with Crippen LogP contribution in [-0.2, 0) is 4.79 Å². The molecule has 0 radical (unpaired) electrons. The Morgan fingerprint density at radius 2 is 1.76 bits per heavy atom. The molecule has 0 spiro atoms. The summed E-state index contributed by atoms with van der Waals surface area (Å²) >= 11 is 0. The zero-order valence-electron chi connectivity index (χ0n) is 12.4. The van der Waals surface area contributed by atoms with Crippen LogP contribution in [0.3, 0.4) is 0 Å². The second-order valence-corrected chi connectivity index (χ2v) is 6.13. The predicted molar refractivity (Wildman–Crippen MR) is 74.8 cm³/mol. The SMILES string of the molecule is CC(CC(=O)C(C)(C)C)=NC(C)CNC(C)C. The third kappa shape index (κ3) is 8.08. The highest BCUT2D eigenvalue weighted by Gasteiger charge is 2.21. The quantitative estimate of drug-likeness (QED) is 0.725. The molecule has 0 saturated carbocycles. The molecule has 0 aliphatic carbocycles. The van der Waals surface area contributed by atoms with Gasteiger partial charge in [-0.1, -0.05) is 34.6 Å². The number of Topliss-reactive ketones (excluding diaryl/α,β-unsaturated/α-hetero) is 1. The molecule has 0 aromatic carbocycles. The fourth-order valence-electron chi connectivity index (χ4n) is 1.37. The largest absolute Gasteiger partial charge is 0.312 e. The van der Waals surface area contributed by atoms with Crippen molar-refractivity contribution in [3.63, 3.8) is 0 Å². The van der Waals surface area contributed by atoms with Crippen LogP contribution in [0.5, 0.6) is 0 Å². The summed E-state index contributed by atoms with van der Waals surface area (Å²) in [4.78, 5) is 16.4. The van der Waals surface area contributed by atoms with Crippen molar-refractivity contribution in [1.29, 1.82) is 0 Å². The van der Waals surface area contributed by atoms with E-state index in [1.807, 2.05) is 27.7 Å². The molecule has 0 heterocycles. The molecule has 0 aliphatic heterocycles. The molecule has 0 rings (SSSR count). The summed E-state index contributed by atoms with van der Waals surface area (Å²) in [5, 5.41) is 3.34. The molecule has 100 valence electrons. The summed E-state index contributed by atoms with van der Waals surface area (Å²) in [5.74, 6) is 0.253. The van der Waals surface area contributed by atoms with Crippen molar-refractivity contribution in [2.24, 2.45) is 10.4 Å². The highest BCUT2D eigenvalue weighted by molar-refractivity contribution is 6.02. The molecular formula is C14H28N2O. The Balaban J connectivity index is 4.21. The van der Waals surface area contributed by atoms with E-state index in [2.05, 4.69) is 31.1 Å². The van der Waals surface area contributed by atoms with E-state index < -0.39 is 0 Å². The number of ketones is 1. The Kier molecular flexibility index (Phi) is 6.61. The molecule has 1 atom stereocenters. The number of aliphatic imine (C=N–C) groups is 1. The van der Waals surface area contributed by atoms with Gasteiger partial charge in [-0.2, -0.15) is 0 Å². The van der Waals surface area contributed by atoms with E-state index in [-0.39, 0.29) is 17.2 Å². The monoisotopic (exact) mass is 240 g/mol. The number of rotatable bonds is 6. The van der Waals surface area contributed by atoms with Gasteiger partial charge in [0.15, 0.2) is 0 Å². The lowest BCUT2D eigenvalue weighted by Crippen LogP contribution is -2.30. The molecule has 0 amide bonds. The Morgan fingerprint density at radius 1 is 1.24 bits per heavy atom. The second kappa shape index (κ2) is 6.90. The molecule has 3 nitrogen and oxygen atoms in total. The van der Waals surface area contributed by atoms with E-state index >= 15 is 0 Å². The zero-order chi connectivity index (χ0) is 13.6. The number of hydrogen-bond donors (Lipinski definition) is 1. The topological polar surface area (TPSA) is 41.5 Å². The minimum atomic E-state index is -0.268. The standard InChI is InChI=1S/C14H28N2O/c1-10(2)15-9-12(4)16-11(3)8-13(17)14(5,6)7/h10,12,15H,8-9H2,1-7H3. The van der Waals surface area contributed by atoms with Gasteiger partial charge in [-0.25, -0.2) is 0 Å². The van der Waals surface area contributed by atoms with E-state index in [1.54, 1.807) is 0 Å². The Labute approximate surface area is 106 Å². The van der Waals surface area contributed by atoms with Gasteiger partial charge in [0.1, 0.15) is 5.78 Å².